The van der Waals surface area contributed by atoms with Crippen molar-refractivity contribution < 1.29 is 13.2 Å². The van der Waals surface area contributed by atoms with E-state index in [1.165, 1.54) is 23.9 Å². The molecule has 1 heterocycles. The van der Waals surface area contributed by atoms with Crippen LogP contribution in [0.5, 0.6) is 0 Å². The first-order chi connectivity index (χ1) is 13.0. The zero-order chi connectivity index (χ0) is 21.5. The number of nitrogens with one attached hydrogen (secondary N) is 1. The molecule has 1 aromatic heterocycles. The molecule has 1 aromatic rings. The van der Waals surface area contributed by atoms with E-state index in [1.807, 2.05) is 24.7 Å². The van der Waals surface area contributed by atoms with E-state index in [-0.39, 0.29) is 0 Å². The van der Waals surface area contributed by atoms with Gasteiger partial charge >= 0.3 is 6.18 Å². The molecule has 0 atom stereocenters. The Hall–Kier alpha value is -2.67. The molecule has 0 spiro atoms. The smallest absolute Gasteiger partial charge is 0.399 e. The highest BCUT2D eigenvalue weighted by Crippen LogP contribution is 2.24. The molecule has 0 radical (unpaired) electrons. The molecule has 28 heavy (non-hydrogen) atoms. The molecule has 3 N–H and O–H groups in total. The van der Waals surface area contributed by atoms with Crippen LogP contribution in [0.4, 0.5) is 19.0 Å². The van der Waals surface area contributed by atoms with Gasteiger partial charge in [0.05, 0.1) is 5.35 Å². The maximum absolute atomic E-state index is 12.5. The Labute approximate surface area is 166 Å². The number of anilines is 1. The van der Waals surface area contributed by atoms with Gasteiger partial charge < -0.3 is 11.1 Å². The molecule has 0 aliphatic rings. The minimum absolute atomic E-state index is 0.342. The van der Waals surface area contributed by atoms with Crippen molar-refractivity contribution in [3.05, 3.63) is 69.4 Å². The molecule has 0 saturated heterocycles. The van der Waals surface area contributed by atoms with Crippen LogP contribution in [0.2, 0.25) is 0 Å². The standard InChI is InChI=1S/C21H24F3N3S/c1-7-17-16(5)18(12-28-6)20(27-19(17)11-14(3)25)26-15(4)10-8-9-13(2)21(22,23)24/h7-12H,3-5,25H2,1-2,6H3,(H,26,27)/b10-8-,13-9+,17-7-,18-12+,19-11+. The van der Waals surface area contributed by atoms with Gasteiger partial charge in [-0.3, -0.25) is 0 Å². The van der Waals surface area contributed by atoms with Gasteiger partial charge in [0.1, 0.15) is 5.82 Å². The predicted octanol–water partition coefficient (Wildman–Crippen LogP) is 2.64. The summed E-state index contributed by atoms with van der Waals surface area (Å²) in [5.74, 6) is 0.476. The summed E-state index contributed by atoms with van der Waals surface area (Å²) >= 11 is 1.48. The molecular weight excluding hydrogens is 383 g/mol. The van der Waals surface area contributed by atoms with Crippen LogP contribution < -0.4 is 32.1 Å². The van der Waals surface area contributed by atoms with Crippen molar-refractivity contribution in [2.24, 2.45) is 5.73 Å². The summed E-state index contributed by atoms with van der Waals surface area (Å²) in [6.07, 6.45) is 4.76. The second kappa shape index (κ2) is 10.0. The minimum Gasteiger partial charge on any atom is -0.399 e. The van der Waals surface area contributed by atoms with E-state index in [4.69, 9.17) is 5.73 Å². The lowest BCUT2D eigenvalue weighted by Crippen LogP contribution is -2.50. The van der Waals surface area contributed by atoms with Crippen molar-refractivity contribution in [2.75, 3.05) is 11.6 Å². The lowest BCUT2D eigenvalue weighted by Gasteiger charge is -2.08. The Morgan fingerprint density at radius 3 is 2.39 bits per heavy atom. The van der Waals surface area contributed by atoms with Gasteiger partial charge in [-0.2, -0.15) is 13.2 Å². The molecule has 1 rings (SSSR count). The molecule has 3 nitrogen and oxygen atoms in total. The average Bonchev–Trinajstić information content (AvgIpc) is 2.57. The van der Waals surface area contributed by atoms with E-state index in [1.54, 1.807) is 6.08 Å². The van der Waals surface area contributed by atoms with Gasteiger partial charge in [0.25, 0.3) is 0 Å². The molecule has 0 aromatic carbocycles. The third kappa shape index (κ3) is 6.49. The summed E-state index contributed by atoms with van der Waals surface area (Å²) in [5.41, 5.74) is 5.71. The molecule has 0 unspecified atom stereocenters. The van der Waals surface area contributed by atoms with Gasteiger partial charge in [-0.05, 0) is 42.9 Å². The van der Waals surface area contributed by atoms with E-state index >= 15 is 0 Å². The summed E-state index contributed by atoms with van der Waals surface area (Å²) < 4.78 is 37.6. The van der Waals surface area contributed by atoms with Crippen LogP contribution in [0.1, 0.15) is 13.8 Å². The van der Waals surface area contributed by atoms with Gasteiger partial charge in [0, 0.05) is 27.4 Å². The molecular formula is C21H24F3N3S. The summed E-state index contributed by atoms with van der Waals surface area (Å²) in [5, 5.41) is 7.82. The SMILES string of the molecule is C=C(N)/C=c1/nc(NC(=C)/C=C\C=C(/C)C(F)(F)F)/c(=C/SC)c(=C)/c1=C/C. The Kier molecular flexibility index (Phi) is 8.37. The third-order valence-corrected chi connectivity index (χ3v) is 4.10. The van der Waals surface area contributed by atoms with Crippen molar-refractivity contribution in [1.29, 1.82) is 0 Å². The monoisotopic (exact) mass is 407 g/mol. The maximum Gasteiger partial charge on any atom is 0.412 e. The topological polar surface area (TPSA) is 50.9 Å². The first kappa shape index (κ1) is 23.4. The normalized spacial score (nSPS) is 14.8. The van der Waals surface area contributed by atoms with E-state index < -0.39 is 11.7 Å². The summed E-state index contributed by atoms with van der Waals surface area (Å²) in [7, 11) is 0. The zero-order valence-corrected chi connectivity index (χ0v) is 17.0. The fourth-order valence-corrected chi connectivity index (χ4v) is 2.72. The van der Waals surface area contributed by atoms with Gasteiger partial charge in [-0.25, -0.2) is 4.98 Å². The highest BCUT2D eigenvalue weighted by Gasteiger charge is 2.29. The second-order valence-corrected chi connectivity index (χ2v) is 6.58. The third-order valence-electron chi connectivity index (χ3n) is 3.63. The lowest BCUT2D eigenvalue weighted by molar-refractivity contribution is -0.0912. The van der Waals surface area contributed by atoms with Gasteiger partial charge in [-0.1, -0.05) is 38.0 Å². The number of thioether (sulfide) groups is 1. The minimum atomic E-state index is -4.36. The summed E-state index contributed by atoms with van der Waals surface area (Å²) in [6, 6.07) is 0. The van der Waals surface area contributed by atoms with E-state index in [0.29, 0.717) is 22.6 Å². The number of allylic oxidation sites excluding steroid dienone is 5. The first-order valence-electron chi connectivity index (χ1n) is 8.23. The highest BCUT2D eigenvalue weighted by atomic mass is 32.2. The van der Waals surface area contributed by atoms with Crippen LogP contribution in [0.25, 0.3) is 24.1 Å². The number of alkyl halides is 3. The molecule has 7 heteroatoms. The maximum atomic E-state index is 12.5. The number of hydrogen-bond donors (Lipinski definition) is 2. The first-order valence-corrected chi connectivity index (χ1v) is 9.52. The average molecular weight is 408 g/mol. The number of aromatic nitrogens is 1. The largest absolute Gasteiger partial charge is 0.412 e. The van der Waals surface area contributed by atoms with Gasteiger partial charge in [-0.15, -0.1) is 11.8 Å². The van der Waals surface area contributed by atoms with E-state index in [9.17, 15) is 13.2 Å². The predicted molar refractivity (Wildman–Crippen MR) is 116 cm³/mol. The molecule has 0 saturated carbocycles. The Morgan fingerprint density at radius 2 is 1.89 bits per heavy atom. The van der Waals surface area contributed by atoms with Crippen molar-refractivity contribution >= 4 is 41.7 Å². The van der Waals surface area contributed by atoms with Crippen LogP contribution >= 0.6 is 11.8 Å². The molecule has 0 aliphatic heterocycles. The van der Waals surface area contributed by atoms with Gasteiger partial charge in [0.15, 0.2) is 0 Å². The zero-order valence-electron chi connectivity index (χ0n) is 16.2. The van der Waals surface area contributed by atoms with Crippen LogP contribution in [0.15, 0.2) is 48.4 Å². The number of rotatable bonds is 6. The van der Waals surface area contributed by atoms with Crippen LogP contribution in [-0.4, -0.2) is 17.4 Å². The molecule has 150 valence electrons. The Bertz CT molecular complexity index is 1050. The van der Waals surface area contributed by atoms with Crippen LogP contribution in [0.3, 0.4) is 0 Å². The fourth-order valence-electron chi connectivity index (χ4n) is 2.23. The number of nitrogens with zero attached hydrogens (tertiary/aromatic N) is 1. The van der Waals surface area contributed by atoms with Gasteiger partial charge in [0.2, 0.25) is 0 Å². The number of halogens is 3. The number of pyridine rings is 1. The molecule has 0 bridgehead atoms. The van der Waals surface area contributed by atoms with E-state index in [0.717, 1.165) is 28.7 Å². The summed E-state index contributed by atoms with van der Waals surface area (Å²) in [4.78, 5) is 4.57. The molecule has 0 amide bonds. The van der Waals surface area contributed by atoms with Crippen molar-refractivity contribution in [3.8, 4) is 0 Å². The Balaban J connectivity index is 3.44. The van der Waals surface area contributed by atoms with Crippen molar-refractivity contribution in [3.63, 3.8) is 0 Å². The molecule has 0 fully saturated rings. The van der Waals surface area contributed by atoms with E-state index in [2.05, 4.69) is 30.0 Å². The number of nitrogens with two attached hydrogens (primary N) is 1. The second-order valence-electron chi connectivity index (χ2n) is 5.87. The van der Waals surface area contributed by atoms with Crippen molar-refractivity contribution in [2.45, 2.75) is 20.0 Å². The Morgan fingerprint density at radius 1 is 1.25 bits per heavy atom. The molecule has 0 aliphatic carbocycles. The summed E-state index contributed by atoms with van der Waals surface area (Å²) in [6.45, 7) is 14.5. The quantitative estimate of drug-likeness (QED) is 0.712. The van der Waals surface area contributed by atoms with Crippen LogP contribution in [0, 0.1) is 0 Å². The lowest BCUT2D eigenvalue weighted by atomic mass is 10.2. The van der Waals surface area contributed by atoms with Crippen molar-refractivity contribution in [1.82, 2.24) is 4.98 Å². The number of hydrogen-bond acceptors (Lipinski definition) is 4. The highest BCUT2D eigenvalue weighted by molar-refractivity contribution is 8.05. The van der Waals surface area contributed by atoms with Crippen LogP contribution in [-0.2, 0) is 0 Å². The fraction of sp³-hybridized carbons (Fsp3) is 0.190.